The monoisotopic (exact) mass is 484 g/mol. The van der Waals surface area contributed by atoms with E-state index in [0.29, 0.717) is 42.0 Å². The number of likely N-dealkylation sites (tertiary alicyclic amines) is 1. The topological polar surface area (TPSA) is 108 Å². The van der Waals surface area contributed by atoms with E-state index in [1.165, 1.54) is 10.8 Å². The molecule has 1 amide bonds. The smallest absolute Gasteiger partial charge is 0.293 e. The van der Waals surface area contributed by atoms with E-state index >= 15 is 0 Å². The first-order valence-electron chi connectivity index (χ1n) is 12.0. The molecule has 0 saturated carbocycles. The number of aryl methyl sites for hydroxylation is 1. The Balaban J connectivity index is 1.59. The number of benzene rings is 2. The molecular formula is C27H28N6O3. The summed E-state index contributed by atoms with van der Waals surface area (Å²) < 4.78 is 9.01. The summed E-state index contributed by atoms with van der Waals surface area (Å²) in [6, 6.07) is 16.9. The van der Waals surface area contributed by atoms with Crippen molar-refractivity contribution in [3.05, 3.63) is 77.6 Å². The van der Waals surface area contributed by atoms with E-state index in [9.17, 15) is 9.59 Å². The molecule has 36 heavy (non-hydrogen) atoms. The Bertz CT molecular complexity index is 1470. The molecule has 1 fully saturated rings. The van der Waals surface area contributed by atoms with Gasteiger partial charge >= 0.3 is 0 Å². The number of para-hydroxylation sites is 1. The van der Waals surface area contributed by atoms with Crippen molar-refractivity contribution in [2.45, 2.75) is 32.4 Å². The van der Waals surface area contributed by atoms with Gasteiger partial charge in [-0.3, -0.25) is 14.3 Å². The molecule has 3 heterocycles. The van der Waals surface area contributed by atoms with Gasteiger partial charge in [0.15, 0.2) is 5.82 Å². The van der Waals surface area contributed by atoms with Crippen LogP contribution in [0.2, 0.25) is 0 Å². The molecule has 9 heteroatoms. The van der Waals surface area contributed by atoms with E-state index in [-0.39, 0.29) is 23.3 Å². The molecule has 9 nitrogen and oxygen atoms in total. The summed E-state index contributed by atoms with van der Waals surface area (Å²) in [5.41, 5.74) is 7.90. The third-order valence-electron chi connectivity index (χ3n) is 6.47. The lowest BCUT2D eigenvalue weighted by molar-refractivity contribution is -0.127. The molecule has 1 aliphatic heterocycles. The van der Waals surface area contributed by atoms with Crippen LogP contribution in [-0.4, -0.2) is 43.5 Å². The van der Waals surface area contributed by atoms with Gasteiger partial charge in [-0.15, -0.1) is 0 Å². The molecule has 5 rings (SSSR count). The normalized spacial score (nSPS) is 15.7. The number of carbonyl (C=O) groups excluding carboxylic acids is 1. The van der Waals surface area contributed by atoms with E-state index in [0.717, 1.165) is 24.2 Å². The molecule has 0 spiro atoms. The predicted octanol–water partition coefficient (Wildman–Crippen LogP) is 4.00. The molecule has 0 radical (unpaired) electrons. The molecule has 184 valence electrons. The summed E-state index contributed by atoms with van der Waals surface area (Å²) in [5, 5.41) is 9.73. The van der Waals surface area contributed by atoms with Crippen LogP contribution in [0.15, 0.2) is 72.0 Å². The highest BCUT2D eigenvalue weighted by molar-refractivity contribution is 5.99. The molecule has 0 bridgehead atoms. The first-order valence-corrected chi connectivity index (χ1v) is 12.0. The Kier molecular flexibility index (Phi) is 6.28. The van der Waals surface area contributed by atoms with Crippen molar-refractivity contribution in [2.75, 3.05) is 18.8 Å². The van der Waals surface area contributed by atoms with Crippen LogP contribution in [0.25, 0.3) is 22.2 Å². The van der Waals surface area contributed by atoms with Crippen LogP contribution in [0.1, 0.15) is 25.8 Å². The van der Waals surface area contributed by atoms with E-state index in [2.05, 4.69) is 11.7 Å². The Morgan fingerprint density at radius 3 is 2.56 bits per heavy atom. The lowest BCUT2D eigenvalue weighted by atomic mass is 10.1. The third-order valence-corrected chi connectivity index (χ3v) is 6.47. The molecule has 1 aliphatic rings. The number of hydrogen-bond acceptors (Lipinski definition) is 6. The highest BCUT2D eigenvalue weighted by atomic mass is 16.5. The summed E-state index contributed by atoms with van der Waals surface area (Å²) in [6.07, 6.45) is 2.91. The Labute approximate surface area is 208 Å². The molecule has 2 aromatic heterocycles. The van der Waals surface area contributed by atoms with E-state index in [4.69, 9.17) is 15.6 Å². The summed E-state index contributed by atoms with van der Waals surface area (Å²) in [7, 11) is 0. The van der Waals surface area contributed by atoms with Gasteiger partial charge in [0.25, 0.3) is 5.56 Å². The van der Waals surface area contributed by atoms with Crippen LogP contribution < -0.4 is 16.0 Å². The number of fused-ring (bicyclic) bond motifs is 1. The van der Waals surface area contributed by atoms with Crippen LogP contribution in [0.5, 0.6) is 11.5 Å². The number of nitrogen functional groups attached to an aromatic ring is 1. The van der Waals surface area contributed by atoms with E-state index in [1.54, 1.807) is 9.58 Å². The van der Waals surface area contributed by atoms with Gasteiger partial charge in [0.05, 0.1) is 11.4 Å². The fraction of sp³-hybridized carbons (Fsp3) is 0.259. The van der Waals surface area contributed by atoms with Gasteiger partial charge in [0, 0.05) is 25.2 Å². The minimum atomic E-state index is -0.253. The number of carbonyl (C=O) groups is 1. The molecule has 2 aromatic carbocycles. The maximum atomic E-state index is 13.4. The summed E-state index contributed by atoms with van der Waals surface area (Å²) in [4.78, 5) is 27.4. The fourth-order valence-electron chi connectivity index (χ4n) is 4.70. The number of hydrogen-bond donors (Lipinski definition) is 1. The number of nitrogens with two attached hydrogens (primary N) is 1. The molecule has 4 aromatic rings. The molecule has 0 unspecified atom stereocenters. The quantitative estimate of drug-likeness (QED) is 0.415. The zero-order valence-electron chi connectivity index (χ0n) is 20.1. The minimum absolute atomic E-state index is 0.127. The first-order chi connectivity index (χ1) is 17.5. The van der Waals surface area contributed by atoms with Gasteiger partial charge in [-0.05, 0) is 62.2 Å². The third kappa shape index (κ3) is 4.24. The average molecular weight is 485 g/mol. The Hall–Kier alpha value is -4.40. The van der Waals surface area contributed by atoms with Gasteiger partial charge < -0.3 is 15.4 Å². The van der Waals surface area contributed by atoms with Crippen molar-refractivity contribution in [3.8, 4) is 22.8 Å². The van der Waals surface area contributed by atoms with Crippen molar-refractivity contribution in [1.29, 1.82) is 0 Å². The van der Waals surface area contributed by atoms with E-state index < -0.39 is 0 Å². The van der Waals surface area contributed by atoms with Crippen LogP contribution in [0.4, 0.5) is 5.82 Å². The standard InChI is InChI=1S/C27H28N6O3/c1-3-22(34)31-16-8-9-19(17-31)33-25-23(26(28)30-32(4-2)27(25)35)24(29-33)18-12-14-21(15-13-18)36-20-10-6-5-7-11-20/h3,5-7,10-15,19H,1,4,8-9,16-17H2,2H3,(H2,28,30)/t19-/m1/s1. The largest absolute Gasteiger partial charge is 0.457 e. The zero-order chi connectivity index (χ0) is 25.2. The van der Waals surface area contributed by atoms with Crippen molar-refractivity contribution < 1.29 is 9.53 Å². The van der Waals surface area contributed by atoms with Gasteiger partial charge in [0.1, 0.15) is 22.7 Å². The number of aromatic nitrogens is 4. The highest BCUT2D eigenvalue weighted by Gasteiger charge is 2.29. The summed E-state index contributed by atoms with van der Waals surface area (Å²) in [6.45, 7) is 6.93. The average Bonchev–Trinajstić information content (AvgIpc) is 3.33. The van der Waals surface area contributed by atoms with Gasteiger partial charge in [0.2, 0.25) is 5.91 Å². The lowest BCUT2D eigenvalue weighted by Crippen LogP contribution is -2.40. The number of ether oxygens (including phenoxy) is 1. The Morgan fingerprint density at radius 1 is 1.14 bits per heavy atom. The molecule has 1 atom stereocenters. The number of piperidine rings is 1. The number of rotatable bonds is 6. The molecular weight excluding hydrogens is 456 g/mol. The zero-order valence-corrected chi connectivity index (χ0v) is 20.1. The van der Waals surface area contributed by atoms with Gasteiger partial charge in [-0.25, -0.2) is 4.68 Å². The maximum absolute atomic E-state index is 13.4. The Morgan fingerprint density at radius 2 is 1.86 bits per heavy atom. The fourth-order valence-corrected chi connectivity index (χ4v) is 4.70. The summed E-state index contributed by atoms with van der Waals surface area (Å²) in [5.74, 6) is 1.54. The number of amides is 1. The van der Waals surface area contributed by atoms with Crippen LogP contribution in [0.3, 0.4) is 0 Å². The SMILES string of the molecule is C=CC(=O)N1CCC[C@@H](n2nc(-c3ccc(Oc4ccccc4)cc3)c3c(N)nn(CC)c(=O)c32)C1. The number of nitrogens with zero attached hydrogens (tertiary/aromatic N) is 5. The van der Waals surface area contributed by atoms with E-state index in [1.807, 2.05) is 61.5 Å². The molecule has 0 aliphatic carbocycles. The summed E-state index contributed by atoms with van der Waals surface area (Å²) >= 11 is 0. The lowest BCUT2D eigenvalue weighted by Gasteiger charge is -2.32. The molecule has 2 N–H and O–H groups in total. The second kappa shape index (κ2) is 9.69. The van der Waals surface area contributed by atoms with Gasteiger partial charge in [-0.2, -0.15) is 10.2 Å². The number of anilines is 1. The minimum Gasteiger partial charge on any atom is -0.457 e. The van der Waals surface area contributed by atoms with Crippen molar-refractivity contribution in [2.24, 2.45) is 0 Å². The molecule has 1 saturated heterocycles. The second-order valence-electron chi connectivity index (χ2n) is 8.75. The maximum Gasteiger partial charge on any atom is 0.293 e. The highest BCUT2D eigenvalue weighted by Crippen LogP contribution is 2.34. The van der Waals surface area contributed by atoms with Crippen molar-refractivity contribution in [1.82, 2.24) is 24.5 Å². The van der Waals surface area contributed by atoms with Crippen molar-refractivity contribution >= 4 is 22.6 Å². The van der Waals surface area contributed by atoms with Gasteiger partial charge in [-0.1, -0.05) is 24.8 Å². The first kappa shape index (κ1) is 23.3. The van der Waals surface area contributed by atoms with Crippen molar-refractivity contribution in [3.63, 3.8) is 0 Å². The van der Waals surface area contributed by atoms with Crippen LogP contribution in [-0.2, 0) is 11.3 Å². The van der Waals surface area contributed by atoms with Crippen LogP contribution >= 0.6 is 0 Å². The second-order valence-corrected chi connectivity index (χ2v) is 8.75. The van der Waals surface area contributed by atoms with Crippen LogP contribution in [0, 0.1) is 0 Å². The predicted molar refractivity (Wildman–Crippen MR) is 139 cm³/mol.